The van der Waals surface area contributed by atoms with E-state index in [1.807, 2.05) is 12.2 Å². The van der Waals surface area contributed by atoms with Gasteiger partial charge in [0.15, 0.2) is 0 Å². The highest BCUT2D eigenvalue weighted by Crippen LogP contribution is 2.37. The summed E-state index contributed by atoms with van der Waals surface area (Å²) in [6, 6.07) is 0. The number of rotatable bonds is 0. The third-order valence-electron chi connectivity index (χ3n) is 2.61. The molecule has 0 spiro atoms. The molecule has 0 radical (unpaired) electrons. The van der Waals surface area contributed by atoms with Gasteiger partial charge in [0.2, 0.25) is 0 Å². The van der Waals surface area contributed by atoms with Crippen molar-refractivity contribution in [3.8, 4) is 0 Å². The fourth-order valence-corrected chi connectivity index (χ4v) is 1.84. The Kier molecular flexibility index (Phi) is 2.06. The number of allylic oxidation sites excluding steroid dienone is 3. The lowest BCUT2D eigenvalue weighted by molar-refractivity contribution is 0.362. The van der Waals surface area contributed by atoms with Gasteiger partial charge in [0.05, 0.1) is 12.0 Å². The molecule has 2 rings (SSSR count). The first-order valence-electron chi connectivity index (χ1n) is 4.97. The third-order valence-corrected chi connectivity index (χ3v) is 2.61. The molecule has 1 heterocycles. The van der Waals surface area contributed by atoms with E-state index >= 15 is 0 Å². The molecule has 0 amide bonds. The maximum absolute atomic E-state index is 4.30. The average molecular weight is 188 g/mol. The molecular formula is C12H16N2. The molecule has 74 valence electrons. The smallest absolute Gasteiger partial charge is 0.0929 e. The Balaban J connectivity index is 2.48. The van der Waals surface area contributed by atoms with Crippen LogP contribution in [0.15, 0.2) is 24.6 Å². The molecule has 1 aromatic rings. The number of hydrogen-bond donors (Lipinski definition) is 1. The molecule has 1 atom stereocenters. The van der Waals surface area contributed by atoms with Gasteiger partial charge in [-0.15, -0.1) is 0 Å². The van der Waals surface area contributed by atoms with Crippen molar-refractivity contribution in [3.05, 3.63) is 35.9 Å². The zero-order valence-corrected chi connectivity index (χ0v) is 8.91. The predicted octanol–water partition coefficient (Wildman–Crippen LogP) is 3.12. The van der Waals surface area contributed by atoms with Gasteiger partial charge in [-0.2, -0.15) is 0 Å². The van der Waals surface area contributed by atoms with Crippen LogP contribution in [0.5, 0.6) is 0 Å². The Morgan fingerprint density at radius 2 is 2.07 bits per heavy atom. The molecule has 1 aliphatic rings. The molecule has 1 aromatic heterocycles. The number of fused-ring (bicyclic) bond motifs is 1. The average Bonchev–Trinajstić information content (AvgIpc) is 2.42. The number of nitrogens with one attached hydrogen (secondary N) is 1. The van der Waals surface area contributed by atoms with E-state index in [9.17, 15) is 0 Å². The van der Waals surface area contributed by atoms with E-state index < -0.39 is 0 Å². The number of nitrogens with zero attached hydrogens (tertiary/aromatic N) is 1. The minimum Gasteiger partial charge on any atom is -0.347 e. The van der Waals surface area contributed by atoms with Gasteiger partial charge in [0.1, 0.15) is 0 Å². The van der Waals surface area contributed by atoms with E-state index in [2.05, 4.69) is 42.9 Å². The van der Waals surface area contributed by atoms with Crippen LogP contribution >= 0.6 is 0 Å². The van der Waals surface area contributed by atoms with Gasteiger partial charge in [0, 0.05) is 11.6 Å². The molecule has 14 heavy (non-hydrogen) atoms. The monoisotopic (exact) mass is 188 g/mol. The second-order valence-electron chi connectivity index (χ2n) is 4.79. The number of aromatic nitrogens is 2. The normalized spacial score (nSPS) is 20.6. The summed E-state index contributed by atoms with van der Waals surface area (Å²) < 4.78 is 0. The minimum absolute atomic E-state index is 0.226. The lowest BCUT2D eigenvalue weighted by atomic mass is 9.78. The number of hydrogen-bond acceptors (Lipinski definition) is 1. The SMILES string of the molecule is CC(C)(C)C1C=CC=Cc2nc[nH]c21. The molecule has 0 bridgehead atoms. The molecule has 2 heteroatoms. The quantitative estimate of drug-likeness (QED) is 0.665. The summed E-state index contributed by atoms with van der Waals surface area (Å²) in [6.07, 6.45) is 10.2. The van der Waals surface area contributed by atoms with E-state index in [4.69, 9.17) is 0 Å². The van der Waals surface area contributed by atoms with Crippen molar-refractivity contribution < 1.29 is 0 Å². The fourth-order valence-electron chi connectivity index (χ4n) is 1.84. The zero-order chi connectivity index (χ0) is 10.2. The lowest BCUT2D eigenvalue weighted by Gasteiger charge is -2.27. The fraction of sp³-hybridized carbons (Fsp3) is 0.417. The first-order chi connectivity index (χ1) is 6.59. The summed E-state index contributed by atoms with van der Waals surface area (Å²) in [5.74, 6) is 0.412. The zero-order valence-electron chi connectivity index (χ0n) is 8.91. The Bertz CT molecular complexity index is 377. The van der Waals surface area contributed by atoms with Gasteiger partial charge in [-0.1, -0.05) is 39.0 Å². The van der Waals surface area contributed by atoms with Crippen LogP contribution in [-0.4, -0.2) is 9.97 Å². The highest BCUT2D eigenvalue weighted by atomic mass is 14.9. The molecule has 0 saturated carbocycles. The highest BCUT2D eigenvalue weighted by molar-refractivity contribution is 5.53. The van der Waals surface area contributed by atoms with E-state index in [0.29, 0.717) is 5.92 Å². The van der Waals surface area contributed by atoms with Crippen molar-refractivity contribution in [3.63, 3.8) is 0 Å². The van der Waals surface area contributed by atoms with E-state index in [-0.39, 0.29) is 5.41 Å². The Morgan fingerprint density at radius 1 is 1.29 bits per heavy atom. The van der Waals surface area contributed by atoms with Gasteiger partial charge < -0.3 is 4.98 Å². The second kappa shape index (κ2) is 3.12. The standard InChI is InChI=1S/C12H16N2/c1-12(2,3)9-6-4-5-7-10-11(9)14-8-13-10/h4-9H,1-3H3,(H,13,14). The summed E-state index contributed by atoms with van der Waals surface area (Å²) in [5.41, 5.74) is 2.52. The van der Waals surface area contributed by atoms with Crippen molar-refractivity contribution >= 4 is 6.08 Å². The van der Waals surface area contributed by atoms with Crippen LogP contribution in [0.2, 0.25) is 0 Å². The molecular weight excluding hydrogens is 172 g/mol. The van der Waals surface area contributed by atoms with Crippen LogP contribution in [0.4, 0.5) is 0 Å². The molecule has 1 unspecified atom stereocenters. The number of imidazole rings is 1. The summed E-state index contributed by atoms with van der Waals surface area (Å²) in [6.45, 7) is 6.74. The van der Waals surface area contributed by atoms with Crippen molar-refractivity contribution in [1.82, 2.24) is 9.97 Å². The lowest BCUT2D eigenvalue weighted by Crippen LogP contribution is -2.17. The predicted molar refractivity (Wildman–Crippen MR) is 59.0 cm³/mol. The minimum atomic E-state index is 0.226. The van der Waals surface area contributed by atoms with Crippen molar-refractivity contribution in [2.45, 2.75) is 26.7 Å². The summed E-state index contributed by atoms with van der Waals surface area (Å²) in [4.78, 5) is 7.54. The number of H-pyrrole nitrogens is 1. The van der Waals surface area contributed by atoms with E-state index in [1.54, 1.807) is 6.33 Å². The molecule has 2 nitrogen and oxygen atoms in total. The maximum Gasteiger partial charge on any atom is 0.0929 e. The van der Waals surface area contributed by atoms with Gasteiger partial charge in [0.25, 0.3) is 0 Å². The first kappa shape index (κ1) is 9.25. The van der Waals surface area contributed by atoms with Crippen LogP contribution in [0.1, 0.15) is 38.1 Å². The largest absolute Gasteiger partial charge is 0.347 e. The highest BCUT2D eigenvalue weighted by Gasteiger charge is 2.27. The molecule has 0 saturated heterocycles. The molecule has 0 fully saturated rings. The van der Waals surface area contributed by atoms with Crippen molar-refractivity contribution in [2.24, 2.45) is 5.41 Å². The van der Waals surface area contributed by atoms with Crippen LogP contribution in [-0.2, 0) is 0 Å². The molecule has 0 aliphatic heterocycles. The van der Waals surface area contributed by atoms with Crippen LogP contribution in [0, 0.1) is 5.41 Å². The number of aromatic amines is 1. The molecule has 1 N–H and O–H groups in total. The van der Waals surface area contributed by atoms with Crippen molar-refractivity contribution in [2.75, 3.05) is 0 Å². The van der Waals surface area contributed by atoms with Crippen LogP contribution in [0.25, 0.3) is 6.08 Å². The van der Waals surface area contributed by atoms with E-state index in [0.717, 1.165) is 5.69 Å². The Hall–Kier alpha value is -1.31. The van der Waals surface area contributed by atoms with Gasteiger partial charge in [-0.3, -0.25) is 0 Å². The Labute approximate surface area is 84.8 Å². The first-order valence-corrected chi connectivity index (χ1v) is 4.97. The summed E-state index contributed by atoms with van der Waals surface area (Å²) >= 11 is 0. The van der Waals surface area contributed by atoms with Gasteiger partial charge in [-0.05, 0) is 11.5 Å². The van der Waals surface area contributed by atoms with Crippen molar-refractivity contribution in [1.29, 1.82) is 0 Å². The Morgan fingerprint density at radius 3 is 2.79 bits per heavy atom. The second-order valence-corrected chi connectivity index (χ2v) is 4.79. The van der Waals surface area contributed by atoms with Crippen LogP contribution < -0.4 is 0 Å². The molecule has 1 aliphatic carbocycles. The van der Waals surface area contributed by atoms with E-state index in [1.165, 1.54) is 5.69 Å². The molecule has 0 aromatic carbocycles. The third kappa shape index (κ3) is 1.52. The van der Waals surface area contributed by atoms with Crippen LogP contribution in [0.3, 0.4) is 0 Å². The van der Waals surface area contributed by atoms with Gasteiger partial charge >= 0.3 is 0 Å². The van der Waals surface area contributed by atoms with Gasteiger partial charge in [-0.25, -0.2) is 4.98 Å². The summed E-state index contributed by atoms with van der Waals surface area (Å²) in [5, 5.41) is 0. The summed E-state index contributed by atoms with van der Waals surface area (Å²) in [7, 11) is 0. The maximum atomic E-state index is 4.30. The topological polar surface area (TPSA) is 28.7 Å².